The van der Waals surface area contributed by atoms with Gasteiger partial charge in [-0.1, -0.05) is 16.4 Å². The fraction of sp³-hybridized carbons (Fsp3) is 0.500. The predicted octanol–water partition coefficient (Wildman–Crippen LogP) is -2.25. The number of thioether (sulfide) groups is 2. The Morgan fingerprint density at radius 3 is 2.50 bits per heavy atom. The lowest BCUT2D eigenvalue weighted by Crippen LogP contribution is -3.00. The molecule has 0 spiro atoms. The van der Waals surface area contributed by atoms with Gasteiger partial charge in [-0.05, 0) is 12.5 Å². The Morgan fingerprint density at radius 1 is 1.33 bits per heavy atom. The maximum Gasteiger partial charge on any atom is 0.255 e. The number of rotatable bonds is 2. The van der Waals surface area contributed by atoms with E-state index < -0.39 is 0 Å². The normalized spacial score (nSPS) is 9.25. The van der Waals surface area contributed by atoms with Crippen molar-refractivity contribution in [2.24, 2.45) is 7.05 Å². The Kier molecular flexibility index (Phi) is 6.20. The summed E-state index contributed by atoms with van der Waals surface area (Å²) in [6.45, 7) is 0. The van der Waals surface area contributed by atoms with Crippen LogP contribution in [0.4, 0.5) is 0 Å². The number of hydrogen-bond donors (Lipinski definition) is 0. The fourth-order valence-corrected chi connectivity index (χ4v) is 1.55. The van der Waals surface area contributed by atoms with Crippen LogP contribution in [0.5, 0.6) is 0 Å². The second-order valence-corrected chi connectivity index (χ2v) is 3.54. The first-order valence-electron chi connectivity index (χ1n) is 3.09. The quantitative estimate of drug-likeness (QED) is 0.350. The molecule has 0 bridgehead atoms. The Hall–Kier alpha value is 0.440. The Labute approximate surface area is 97.8 Å². The molecule has 0 unspecified atom stereocenters. The van der Waals surface area contributed by atoms with Gasteiger partial charge in [-0.2, -0.15) is 0 Å². The molecule has 0 radical (unpaired) electrons. The van der Waals surface area contributed by atoms with Crippen LogP contribution in [0.25, 0.3) is 0 Å². The molecule has 1 aromatic heterocycles. The standard InChI is InChI=1S/C6H10N3S2.HI/c1-9-4-5(10-2)7-6(8-9)11-3;/h4H,1-3H3;1H/q+1;/p-1. The van der Waals surface area contributed by atoms with Crippen LogP contribution in [0.2, 0.25) is 0 Å². The first-order valence-corrected chi connectivity index (χ1v) is 5.54. The molecule has 0 aliphatic rings. The molecule has 68 valence electrons. The average Bonchev–Trinajstić information content (AvgIpc) is 2.03. The molecule has 3 nitrogen and oxygen atoms in total. The molecule has 12 heavy (non-hydrogen) atoms. The third-order valence-corrected chi connectivity index (χ3v) is 2.29. The molecular formula is C6H10IN3S2. The van der Waals surface area contributed by atoms with E-state index in [1.165, 1.54) is 0 Å². The minimum Gasteiger partial charge on any atom is -1.00 e. The van der Waals surface area contributed by atoms with Crippen molar-refractivity contribution < 1.29 is 28.7 Å². The highest BCUT2D eigenvalue weighted by Gasteiger charge is 2.04. The number of aryl methyl sites for hydroxylation is 1. The van der Waals surface area contributed by atoms with Gasteiger partial charge in [0, 0.05) is 5.10 Å². The number of aromatic nitrogens is 3. The maximum absolute atomic E-state index is 4.26. The molecule has 0 fully saturated rings. The zero-order chi connectivity index (χ0) is 8.27. The molecule has 0 N–H and O–H groups in total. The van der Waals surface area contributed by atoms with E-state index >= 15 is 0 Å². The van der Waals surface area contributed by atoms with E-state index in [1.807, 2.05) is 25.8 Å². The summed E-state index contributed by atoms with van der Waals surface area (Å²) in [7, 11) is 1.90. The van der Waals surface area contributed by atoms with Crippen molar-refractivity contribution in [2.45, 2.75) is 10.2 Å². The predicted molar refractivity (Wildman–Crippen MR) is 46.8 cm³/mol. The number of nitrogens with zero attached hydrogens (tertiary/aromatic N) is 3. The molecule has 0 atom stereocenters. The minimum atomic E-state index is 0. The van der Waals surface area contributed by atoms with E-state index in [-0.39, 0.29) is 24.0 Å². The van der Waals surface area contributed by atoms with E-state index in [4.69, 9.17) is 0 Å². The second kappa shape index (κ2) is 5.98. The lowest BCUT2D eigenvalue weighted by atomic mass is 10.8. The van der Waals surface area contributed by atoms with Gasteiger partial charge < -0.3 is 24.0 Å². The van der Waals surface area contributed by atoms with Crippen molar-refractivity contribution in [1.29, 1.82) is 0 Å². The summed E-state index contributed by atoms with van der Waals surface area (Å²) in [5, 5.41) is 5.98. The van der Waals surface area contributed by atoms with Crippen molar-refractivity contribution in [2.75, 3.05) is 12.5 Å². The summed E-state index contributed by atoms with van der Waals surface area (Å²) in [5.41, 5.74) is 0. The van der Waals surface area contributed by atoms with Crippen LogP contribution < -0.4 is 28.7 Å². The van der Waals surface area contributed by atoms with E-state index in [2.05, 4.69) is 10.1 Å². The van der Waals surface area contributed by atoms with Gasteiger partial charge in [0.05, 0.1) is 0 Å². The maximum atomic E-state index is 4.26. The van der Waals surface area contributed by atoms with Crippen molar-refractivity contribution in [3.8, 4) is 0 Å². The van der Waals surface area contributed by atoms with E-state index in [1.54, 1.807) is 28.2 Å². The summed E-state index contributed by atoms with van der Waals surface area (Å²) in [6, 6.07) is 0. The number of hydrogen-bond acceptors (Lipinski definition) is 4. The molecule has 0 saturated carbocycles. The Bertz CT molecular complexity index is 234. The topological polar surface area (TPSA) is 29.7 Å². The van der Waals surface area contributed by atoms with Crippen molar-refractivity contribution in [1.82, 2.24) is 10.1 Å². The summed E-state index contributed by atoms with van der Waals surface area (Å²) in [6.07, 6.45) is 5.89. The van der Waals surface area contributed by atoms with Gasteiger partial charge in [-0.15, -0.1) is 11.8 Å². The monoisotopic (exact) mass is 315 g/mol. The van der Waals surface area contributed by atoms with Gasteiger partial charge in [0.1, 0.15) is 0 Å². The van der Waals surface area contributed by atoms with Crippen LogP contribution in [0.15, 0.2) is 16.4 Å². The largest absolute Gasteiger partial charge is 1.00 e. The first-order chi connectivity index (χ1) is 5.26. The van der Waals surface area contributed by atoms with Crippen LogP contribution >= 0.6 is 23.5 Å². The highest BCUT2D eigenvalue weighted by atomic mass is 127. The van der Waals surface area contributed by atoms with Crippen molar-refractivity contribution >= 4 is 23.5 Å². The molecule has 1 aromatic rings. The van der Waals surface area contributed by atoms with Crippen molar-refractivity contribution in [3.63, 3.8) is 0 Å². The smallest absolute Gasteiger partial charge is 0.255 e. The second-order valence-electron chi connectivity index (χ2n) is 1.94. The molecule has 6 heteroatoms. The molecule has 1 heterocycles. The molecule has 0 aliphatic heterocycles. The summed E-state index contributed by atoms with van der Waals surface area (Å²) < 4.78 is 1.78. The number of halogens is 1. The zero-order valence-corrected chi connectivity index (χ0v) is 10.9. The minimum absolute atomic E-state index is 0. The highest BCUT2D eigenvalue weighted by Crippen LogP contribution is 2.11. The third kappa shape index (κ3) is 3.44. The van der Waals surface area contributed by atoms with Crippen LogP contribution in [-0.4, -0.2) is 22.6 Å². The van der Waals surface area contributed by atoms with Crippen molar-refractivity contribution in [3.05, 3.63) is 6.20 Å². The van der Waals surface area contributed by atoms with Gasteiger partial charge in [0.25, 0.3) is 5.16 Å². The van der Waals surface area contributed by atoms with E-state index in [9.17, 15) is 0 Å². The summed E-state index contributed by atoms with van der Waals surface area (Å²) >= 11 is 3.18. The Morgan fingerprint density at radius 2 is 2.00 bits per heavy atom. The zero-order valence-electron chi connectivity index (χ0n) is 7.11. The van der Waals surface area contributed by atoms with Gasteiger partial charge >= 0.3 is 0 Å². The molecule has 0 saturated heterocycles. The van der Waals surface area contributed by atoms with Gasteiger partial charge in [0.2, 0.25) is 6.20 Å². The lowest BCUT2D eigenvalue weighted by Gasteiger charge is -1.93. The molecular weight excluding hydrogens is 305 g/mol. The molecule has 0 amide bonds. The summed E-state index contributed by atoms with van der Waals surface area (Å²) in [5.74, 6) is 0. The highest BCUT2D eigenvalue weighted by molar-refractivity contribution is 7.99. The van der Waals surface area contributed by atoms with Gasteiger partial charge in [0.15, 0.2) is 12.1 Å². The van der Waals surface area contributed by atoms with Crippen LogP contribution in [0.3, 0.4) is 0 Å². The van der Waals surface area contributed by atoms with Gasteiger partial charge in [-0.3, -0.25) is 0 Å². The molecule has 0 aromatic carbocycles. The van der Waals surface area contributed by atoms with E-state index in [0.29, 0.717) is 0 Å². The average molecular weight is 315 g/mol. The van der Waals surface area contributed by atoms with Crippen LogP contribution in [-0.2, 0) is 7.05 Å². The molecule has 0 aliphatic carbocycles. The SMILES string of the molecule is CSc1c[n+](C)nc(SC)n1.[I-]. The van der Waals surface area contributed by atoms with Gasteiger partial charge in [-0.25, -0.2) is 4.98 Å². The lowest BCUT2D eigenvalue weighted by molar-refractivity contribution is -0.737. The molecule has 1 rings (SSSR count). The van der Waals surface area contributed by atoms with E-state index in [0.717, 1.165) is 10.2 Å². The summed E-state index contributed by atoms with van der Waals surface area (Å²) in [4.78, 5) is 4.26. The third-order valence-electron chi connectivity index (χ3n) is 1.14. The Balaban J connectivity index is 0.00000121. The fourth-order valence-electron chi connectivity index (χ4n) is 0.654. The van der Waals surface area contributed by atoms with Crippen LogP contribution in [0, 0.1) is 0 Å². The van der Waals surface area contributed by atoms with Crippen LogP contribution in [0.1, 0.15) is 0 Å². The first kappa shape index (κ1) is 12.4.